The lowest BCUT2D eigenvalue weighted by Gasteiger charge is -2.35. The second-order valence-electron chi connectivity index (χ2n) is 8.55. The Labute approximate surface area is 228 Å². The number of fused-ring (bicyclic) bond motifs is 1. The van der Waals surface area contributed by atoms with Gasteiger partial charge in [-0.05, 0) is 62.0 Å². The van der Waals surface area contributed by atoms with Crippen LogP contribution in [0.4, 0.5) is 27.8 Å². The summed E-state index contributed by atoms with van der Waals surface area (Å²) in [4.78, 5) is 2.01. The molecule has 0 saturated carbocycles. The summed E-state index contributed by atoms with van der Waals surface area (Å²) < 4.78 is 68.0. The summed E-state index contributed by atoms with van der Waals surface area (Å²) in [5, 5.41) is 11.4. The molecule has 1 aromatic heterocycles. The third kappa shape index (κ3) is 9.31. The van der Waals surface area contributed by atoms with Crippen LogP contribution < -0.4 is 5.32 Å². The molecule has 4 nitrogen and oxygen atoms in total. The number of hydrogen-bond donors (Lipinski definition) is 2. The summed E-state index contributed by atoms with van der Waals surface area (Å²) in [5.74, 6) is -0.116. The number of anilines is 1. The first kappa shape index (κ1) is 33.5. The third-order valence-corrected chi connectivity index (χ3v) is 6.05. The van der Waals surface area contributed by atoms with E-state index in [2.05, 4.69) is 28.4 Å². The van der Waals surface area contributed by atoms with Crippen molar-refractivity contribution in [1.29, 1.82) is 0 Å². The van der Waals surface area contributed by atoms with Crippen LogP contribution >= 0.6 is 0 Å². The average molecular weight is 551 g/mol. The van der Waals surface area contributed by atoms with Crippen LogP contribution in [0.5, 0.6) is 0 Å². The SMILES string of the molecule is C#C.CC.C\C=C(F)/C(=C\C(=C\CC)C(F)(F)F)C/C=C1/C(Nc2n[nH]c3ccc(CF)cc23)CCCN1C. The lowest BCUT2D eigenvalue weighted by atomic mass is 9.98. The van der Waals surface area contributed by atoms with Gasteiger partial charge in [-0.25, -0.2) is 8.78 Å². The monoisotopic (exact) mass is 550 g/mol. The van der Waals surface area contributed by atoms with Crippen molar-refractivity contribution < 1.29 is 22.0 Å². The van der Waals surface area contributed by atoms with Gasteiger partial charge in [0.2, 0.25) is 0 Å². The Bertz CT molecular complexity index is 1180. The Morgan fingerprint density at radius 3 is 2.54 bits per heavy atom. The average Bonchev–Trinajstić information content (AvgIpc) is 3.34. The predicted molar refractivity (Wildman–Crippen MR) is 151 cm³/mol. The third-order valence-electron chi connectivity index (χ3n) is 6.05. The van der Waals surface area contributed by atoms with Crippen LogP contribution in [0.25, 0.3) is 10.9 Å². The van der Waals surface area contributed by atoms with Crippen LogP contribution in [0.1, 0.15) is 58.9 Å². The molecule has 39 heavy (non-hydrogen) atoms. The fraction of sp³-hybridized carbons (Fsp3) is 0.433. The zero-order valence-electron chi connectivity index (χ0n) is 23.3. The molecule has 0 bridgehead atoms. The van der Waals surface area contributed by atoms with Crippen molar-refractivity contribution in [3.8, 4) is 12.8 Å². The summed E-state index contributed by atoms with van der Waals surface area (Å²) in [6.07, 6.45) is 10.2. The number of terminal acetylenes is 1. The summed E-state index contributed by atoms with van der Waals surface area (Å²) in [6.45, 7) is 7.25. The largest absolute Gasteiger partial charge is 0.416 e. The number of likely N-dealkylation sites (tertiary alicyclic amines) is 1. The van der Waals surface area contributed by atoms with Crippen molar-refractivity contribution in [3.63, 3.8) is 0 Å². The van der Waals surface area contributed by atoms with Gasteiger partial charge in [0.05, 0.1) is 17.1 Å². The first-order valence-electron chi connectivity index (χ1n) is 13.0. The van der Waals surface area contributed by atoms with Crippen molar-refractivity contribution in [2.75, 3.05) is 18.9 Å². The number of H-pyrrole nitrogens is 1. The van der Waals surface area contributed by atoms with E-state index >= 15 is 0 Å². The molecule has 2 heterocycles. The molecule has 1 aliphatic heterocycles. The van der Waals surface area contributed by atoms with Gasteiger partial charge in [0.1, 0.15) is 12.5 Å². The standard InChI is InChI=1S/C26H31F5N4.C2H6.C2H2/c1-4-7-19(26(29,30)31)15-18(21(28)5-2)10-12-24-23(8-6-13-35(24)3)32-25-20-14-17(16-27)9-11-22(20)33-34-25;2*1-2/h5,7,9,11-12,14-15,23H,4,6,8,10,13,16H2,1-3H3,(H2,32,33,34);1-2H3;1-2H/b18-15-,19-7-,21-5+,24-12-;;. The van der Waals surface area contributed by atoms with E-state index in [0.29, 0.717) is 11.4 Å². The highest BCUT2D eigenvalue weighted by atomic mass is 19.4. The number of nitrogens with one attached hydrogen (secondary N) is 2. The van der Waals surface area contributed by atoms with Crippen LogP contribution in [0.15, 0.2) is 65.2 Å². The molecule has 0 amide bonds. The molecule has 1 atom stereocenters. The number of likely N-dealkylation sites (N-methyl/N-ethyl adjacent to an activating group) is 1. The molecule has 9 heteroatoms. The van der Waals surface area contributed by atoms with E-state index in [-0.39, 0.29) is 24.5 Å². The van der Waals surface area contributed by atoms with Gasteiger partial charge in [-0.2, -0.15) is 18.3 Å². The Morgan fingerprint density at radius 1 is 1.26 bits per heavy atom. The fourth-order valence-electron chi connectivity index (χ4n) is 4.23. The number of hydrogen-bond acceptors (Lipinski definition) is 3. The Balaban J connectivity index is 0.00000181. The lowest BCUT2D eigenvalue weighted by molar-refractivity contribution is -0.0884. The molecule has 1 unspecified atom stereocenters. The molecule has 1 saturated heterocycles. The molecule has 0 aliphatic carbocycles. The van der Waals surface area contributed by atoms with Crippen molar-refractivity contribution >= 4 is 16.7 Å². The highest BCUT2D eigenvalue weighted by Gasteiger charge is 2.32. The van der Waals surface area contributed by atoms with E-state index in [0.717, 1.165) is 48.1 Å². The minimum absolute atomic E-state index is 0.00151. The zero-order valence-corrected chi connectivity index (χ0v) is 23.3. The summed E-state index contributed by atoms with van der Waals surface area (Å²) >= 11 is 0. The summed E-state index contributed by atoms with van der Waals surface area (Å²) in [6, 6.07) is 5.01. The predicted octanol–water partition coefficient (Wildman–Crippen LogP) is 8.79. The van der Waals surface area contributed by atoms with Gasteiger partial charge in [0, 0.05) is 24.7 Å². The molecule has 214 valence electrons. The molecule has 1 aromatic carbocycles. The topological polar surface area (TPSA) is 44.0 Å². The Hall–Kier alpha value is -3.54. The molecular formula is C30H39F5N4. The number of halogens is 5. The van der Waals surface area contributed by atoms with Crippen LogP contribution in [0, 0.1) is 12.8 Å². The van der Waals surface area contributed by atoms with Gasteiger partial charge in [-0.3, -0.25) is 5.10 Å². The highest BCUT2D eigenvalue weighted by Crippen LogP contribution is 2.32. The smallest absolute Gasteiger partial charge is 0.376 e. The number of piperidine rings is 1. The van der Waals surface area contributed by atoms with Crippen LogP contribution in [0.2, 0.25) is 0 Å². The number of aromatic amines is 1. The number of alkyl halides is 4. The van der Waals surface area contributed by atoms with Gasteiger partial charge in [-0.1, -0.05) is 45.1 Å². The molecule has 0 spiro atoms. The molecular weight excluding hydrogens is 511 g/mol. The van der Waals surface area contributed by atoms with Crippen LogP contribution in [-0.2, 0) is 6.67 Å². The number of aromatic nitrogens is 2. The highest BCUT2D eigenvalue weighted by molar-refractivity contribution is 5.90. The maximum absolute atomic E-state index is 14.6. The zero-order chi connectivity index (χ0) is 29.6. The second kappa shape index (κ2) is 16.4. The molecule has 0 radical (unpaired) electrons. The fourth-order valence-corrected chi connectivity index (χ4v) is 4.23. The van der Waals surface area contributed by atoms with E-state index in [1.165, 1.54) is 13.0 Å². The van der Waals surface area contributed by atoms with Gasteiger partial charge in [0.25, 0.3) is 0 Å². The summed E-state index contributed by atoms with van der Waals surface area (Å²) in [5.41, 5.74) is 1.26. The van der Waals surface area contributed by atoms with E-state index in [9.17, 15) is 22.0 Å². The molecule has 3 rings (SSSR count). The molecule has 2 N–H and O–H groups in total. The molecule has 2 aromatic rings. The van der Waals surface area contributed by atoms with E-state index in [1.807, 2.05) is 25.8 Å². The van der Waals surface area contributed by atoms with Crippen molar-refractivity contribution in [3.05, 3.63) is 70.7 Å². The van der Waals surface area contributed by atoms with E-state index < -0.39 is 24.3 Å². The van der Waals surface area contributed by atoms with Crippen molar-refractivity contribution in [2.45, 2.75) is 72.3 Å². The molecule has 1 fully saturated rings. The Kier molecular flexibility index (Phi) is 14.1. The van der Waals surface area contributed by atoms with Crippen LogP contribution in [-0.4, -0.2) is 40.9 Å². The van der Waals surface area contributed by atoms with Crippen LogP contribution in [0.3, 0.4) is 0 Å². The minimum atomic E-state index is -4.56. The number of nitrogens with zero attached hydrogens (tertiary/aromatic N) is 2. The number of benzene rings is 1. The van der Waals surface area contributed by atoms with Gasteiger partial charge in [0.15, 0.2) is 5.82 Å². The first-order chi connectivity index (χ1) is 18.7. The van der Waals surface area contributed by atoms with Gasteiger partial charge >= 0.3 is 6.18 Å². The van der Waals surface area contributed by atoms with E-state index in [1.54, 1.807) is 31.2 Å². The van der Waals surface area contributed by atoms with Crippen molar-refractivity contribution in [1.82, 2.24) is 15.1 Å². The maximum Gasteiger partial charge on any atom is 0.416 e. The maximum atomic E-state index is 14.6. The first-order valence-corrected chi connectivity index (χ1v) is 13.0. The lowest BCUT2D eigenvalue weighted by Crippen LogP contribution is -2.37. The van der Waals surface area contributed by atoms with E-state index in [4.69, 9.17) is 0 Å². The normalized spacial score (nSPS) is 17.8. The second-order valence-corrected chi connectivity index (χ2v) is 8.55. The number of allylic oxidation sites excluding steroid dienone is 7. The molecule has 1 aliphatic rings. The minimum Gasteiger partial charge on any atom is -0.376 e. The van der Waals surface area contributed by atoms with Gasteiger partial charge < -0.3 is 10.2 Å². The quantitative estimate of drug-likeness (QED) is 0.196. The van der Waals surface area contributed by atoms with Gasteiger partial charge in [-0.15, -0.1) is 12.8 Å². The number of rotatable bonds is 8. The summed E-state index contributed by atoms with van der Waals surface area (Å²) in [7, 11) is 1.90. The Morgan fingerprint density at radius 2 is 1.95 bits per heavy atom. The van der Waals surface area contributed by atoms with Crippen molar-refractivity contribution in [2.24, 2.45) is 0 Å².